The Morgan fingerprint density at radius 2 is 2.00 bits per heavy atom. The Morgan fingerprint density at radius 3 is 2.67 bits per heavy atom. The minimum Gasteiger partial charge on any atom is -0.493 e. The number of nitrogens with zero attached hydrogens (tertiary/aromatic N) is 3. The zero-order valence-electron chi connectivity index (χ0n) is 13.0. The Morgan fingerprint density at radius 1 is 1.24 bits per heavy atom. The van der Waals surface area contributed by atoms with E-state index in [1.807, 2.05) is 48.4 Å². The molecule has 0 saturated heterocycles. The van der Waals surface area contributed by atoms with Gasteiger partial charge in [-0.2, -0.15) is 5.10 Å². The molecule has 114 valence electrons. The molecule has 0 aliphatic rings. The first-order valence-electron chi connectivity index (χ1n) is 7.11. The molecule has 0 radical (unpaired) electrons. The highest BCUT2D eigenvalue weighted by Gasteiger charge is 2.04. The van der Waals surface area contributed by atoms with Crippen LogP contribution in [0.3, 0.4) is 0 Å². The van der Waals surface area contributed by atoms with E-state index in [1.165, 1.54) is 5.56 Å². The number of benzene rings is 1. The molecule has 0 amide bonds. The van der Waals surface area contributed by atoms with Gasteiger partial charge < -0.3 is 14.4 Å². The second-order valence-corrected chi connectivity index (χ2v) is 5.11. The fourth-order valence-corrected chi connectivity index (χ4v) is 2.20. The van der Waals surface area contributed by atoms with Gasteiger partial charge in [0.05, 0.1) is 19.9 Å². The molecule has 5 heteroatoms. The SMILES string of the molecule is COc1ccccc1OCCCN(C)Cc1cnn(C)c1. The summed E-state index contributed by atoms with van der Waals surface area (Å²) in [6.07, 6.45) is 4.92. The summed E-state index contributed by atoms with van der Waals surface area (Å²) < 4.78 is 12.9. The first-order valence-corrected chi connectivity index (χ1v) is 7.11. The Labute approximate surface area is 126 Å². The number of hydrogen-bond donors (Lipinski definition) is 0. The van der Waals surface area contributed by atoms with Crippen molar-refractivity contribution < 1.29 is 9.47 Å². The highest BCUT2D eigenvalue weighted by molar-refractivity contribution is 5.39. The van der Waals surface area contributed by atoms with Gasteiger partial charge in [-0.3, -0.25) is 4.68 Å². The van der Waals surface area contributed by atoms with E-state index in [0.29, 0.717) is 6.61 Å². The molecule has 5 nitrogen and oxygen atoms in total. The highest BCUT2D eigenvalue weighted by Crippen LogP contribution is 2.25. The maximum Gasteiger partial charge on any atom is 0.161 e. The highest BCUT2D eigenvalue weighted by atomic mass is 16.5. The van der Waals surface area contributed by atoms with Crippen LogP contribution in [0.5, 0.6) is 11.5 Å². The summed E-state index contributed by atoms with van der Waals surface area (Å²) in [6.45, 7) is 2.56. The Kier molecular flexibility index (Phi) is 5.63. The lowest BCUT2D eigenvalue weighted by Crippen LogP contribution is -2.20. The van der Waals surface area contributed by atoms with Crippen LogP contribution in [0.15, 0.2) is 36.7 Å². The van der Waals surface area contributed by atoms with Gasteiger partial charge in [0.25, 0.3) is 0 Å². The fourth-order valence-electron chi connectivity index (χ4n) is 2.20. The number of aryl methyl sites for hydroxylation is 1. The van der Waals surface area contributed by atoms with Crippen molar-refractivity contribution in [3.05, 3.63) is 42.2 Å². The first-order chi connectivity index (χ1) is 10.2. The summed E-state index contributed by atoms with van der Waals surface area (Å²) in [4.78, 5) is 2.27. The lowest BCUT2D eigenvalue weighted by Gasteiger charge is -2.16. The van der Waals surface area contributed by atoms with E-state index in [1.54, 1.807) is 7.11 Å². The number of para-hydroxylation sites is 2. The van der Waals surface area contributed by atoms with Crippen molar-refractivity contribution in [2.75, 3.05) is 27.3 Å². The minimum absolute atomic E-state index is 0.678. The molecule has 1 aromatic heterocycles. The Balaban J connectivity index is 1.69. The largest absolute Gasteiger partial charge is 0.493 e. The first kappa shape index (κ1) is 15.4. The maximum absolute atomic E-state index is 5.76. The normalized spacial score (nSPS) is 10.9. The molecule has 0 aliphatic carbocycles. The van der Waals surface area contributed by atoms with Gasteiger partial charge >= 0.3 is 0 Å². The van der Waals surface area contributed by atoms with E-state index < -0.39 is 0 Å². The molecule has 0 fully saturated rings. The van der Waals surface area contributed by atoms with Crippen LogP contribution < -0.4 is 9.47 Å². The van der Waals surface area contributed by atoms with Gasteiger partial charge in [0, 0.05) is 31.9 Å². The van der Waals surface area contributed by atoms with Crippen LogP contribution in [-0.4, -0.2) is 42.0 Å². The van der Waals surface area contributed by atoms with Crippen molar-refractivity contribution in [3.63, 3.8) is 0 Å². The van der Waals surface area contributed by atoms with Crippen LogP contribution in [0.2, 0.25) is 0 Å². The molecule has 2 rings (SSSR count). The van der Waals surface area contributed by atoms with Crippen molar-refractivity contribution >= 4 is 0 Å². The van der Waals surface area contributed by atoms with Gasteiger partial charge in [-0.15, -0.1) is 0 Å². The molecule has 21 heavy (non-hydrogen) atoms. The quantitative estimate of drug-likeness (QED) is 0.699. The molecule has 0 atom stereocenters. The third-order valence-electron chi connectivity index (χ3n) is 3.22. The van der Waals surface area contributed by atoms with Gasteiger partial charge in [-0.05, 0) is 25.6 Å². The fraction of sp³-hybridized carbons (Fsp3) is 0.438. The summed E-state index contributed by atoms with van der Waals surface area (Å²) in [5.41, 5.74) is 1.23. The number of methoxy groups -OCH3 is 1. The summed E-state index contributed by atoms with van der Waals surface area (Å²) >= 11 is 0. The molecule has 1 heterocycles. The van der Waals surface area contributed by atoms with Gasteiger partial charge in [0.15, 0.2) is 11.5 Å². The van der Waals surface area contributed by atoms with Crippen molar-refractivity contribution in [3.8, 4) is 11.5 Å². The Hall–Kier alpha value is -2.01. The third-order valence-corrected chi connectivity index (χ3v) is 3.22. The van der Waals surface area contributed by atoms with Crippen LogP contribution in [0, 0.1) is 0 Å². The zero-order chi connectivity index (χ0) is 15.1. The average Bonchev–Trinajstić information content (AvgIpc) is 2.89. The van der Waals surface area contributed by atoms with Gasteiger partial charge in [-0.25, -0.2) is 0 Å². The second-order valence-electron chi connectivity index (χ2n) is 5.11. The number of ether oxygens (including phenoxy) is 2. The average molecular weight is 289 g/mol. The van der Waals surface area contributed by atoms with Crippen LogP contribution in [0.1, 0.15) is 12.0 Å². The summed E-state index contributed by atoms with van der Waals surface area (Å²) in [5.74, 6) is 1.58. The van der Waals surface area contributed by atoms with Crippen molar-refractivity contribution in [1.82, 2.24) is 14.7 Å². The van der Waals surface area contributed by atoms with E-state index in [-0.39, 0.29) is 0 Å². The predicted molar refractivity (Wildman–Crippen MR) is 82.6 cm³/mol. The predicted octanol–water partition coefficient (Wildman–Crippen LogP) is 2.33. The standard InChI is InChI=1S/C16H23N3O2/c1-18(12-14-11-17-19(2)13-14)9-6-10-21-16-8-5-4-7-15(16)20-3/h4-5,7-8,11,13H,6,9-10,12H2,1-3H3. The van der Waals surface area contributed by atoms with Crippen LogP contribution in [0.4, 0.5) is 0 Å². The number of hydrogen-bond acceptors (Lipinski definition) is 4. The topological polar surface area (TPSA) is 39.5 Å². The molecule has 0 unspecified atom stereocenters. The molecule has 0 spiro atoms. The van der Waals surface area contributed by atoms with Crippen LogP contribution >= 0.6 is 0 Å². The lowest BCUT2D eigenvalue weighted by atomic mass is 10.3. The van der Waals surface area contributed by atoms with Crippen molar-refractivity contribution in [1.29, 1.82) is 0 Å². The molecule has 2 aromatic rings. The summed E-state index contributed by atoms with van der Waals surface area (Å²) in [7, 11) is 5.70. The lowest BCUT2D eigenvalue weighted by molar-refractivity contribution is 0.250. The monoisotopic (exact) mass is 289 g/mol. The summed E-state index contributed by atoms with van der Waals surface area (Å²) in [6, 6.07) is 7.72. The molecule has 0 bridgehead atoms. The van der Waals surface area contributed by atoms with E-state index >= 15 is 0 Å². The van der Waals surface area contributed by atoms with E-state index in [4.69, 9.17) is 9.47 Å². The third kappa shape index (κ3) is 4.79. The van der Waals surface area contributed by atoms with Crippen LogP contribution in [-0.2, 0) is 13.6 Å². The Bertz CT molecular complexity index is 554. The molecular weight excluding hydrogens is 266 g/mol. The minimum atomic E-state index is 0.678. The molecule has 0 aliphatic heterocycles. The van der Waals surface area contributed by atoms with E-state index in [0.717, 1.165) is 31.0 Å². The smallest absolute Gasteiger partial charge is 0.161 e. The van der Waals surface area contributed by atoms with E-state index in [9.17, 15) is 0 Å². The maximum atomic E-state index is 5.76. The number of rotatable bonds is 8. The molecule has 0 saturated carbocycles. The van der Waals surface area contributed by atoms with Crippen LogP contribution in [0.25, 0.3) is 0 Å². The van der Waals surface area contributed by atoms with Crippen molar-refractivity contribution in [2.24, 2.45) is 7.05 Å². The molecular formula is C16H23N3O2. The van der Waals surface area contributed by atoms with Gasteiger partial charge in [-0.1, -0.05) is 12.1 Å². The number of aromatic nitrogens is 2. The van der Waals surface area contributed by atoms with Gasteiger partial charge in [0.1, 0.15) is 0 Å². The summed E-state index contributed by atoms with van der Waals surface area (Å²) in [5, 5.41) is 4.18. The zero-order valence-corrected chi connectivity index (χ0v) is 13.0. The van der Waals surface area contributed by atoms with E-state index in [2.05, 4.69) is 17.0 Å². The van der Waals surface area contributed by atoms with Crippen molar-refractivity contribution in [2.45, 2.75) is 13.0 Å². The van der Waals surface area contributed by atoms with Gasteiger partial charge in [0.2, 0.25) is 0 Å². The molecule has 1 aromatic carbocycles. The molecule has 0 N–H and O–H groups in total. The second kappa shape index (κ2) is 7.69.